The Hall–Kier alpha value is -1.75. The monoisotopic (exact) mass is 293 g/mol. The van der Waals surface area contributed by atoms with E-state index in [2.05, 4.69) is 0 Å². The zero-order valence-electron chi connectivity index (χ0n) is 9.81. The second kappa shape index (κ2) is 5.48. The maximum Gasteiger partial charge on any atom is 0.405 e. The van der Waals surface area contributed by atoms with Crippen LogP contribution in [0.1, 0.15) is 0 Å². The smallest absolute Gasteiger partial charge is 0.405 e. The molecule has 0 radical (unpaired) electrons. The molecule has 1 unspecified atom stereocenters. The minimum absolute atomic E-state index is 0.280. The van der Waals surface area contributed by atoms with Gasteiger partial charge in [-0.3, -0.25) is 0 Å². The lowest BCUT2D eigenvalue weighted by molar-refractivity contribution is -0.153. The molecule has 0 amide bonds. The SMILES string of the molecule is COc1ccc(S(=O)(=O)CC(C#N)C(F)(F)F)cc1. The number of hydrogen-bond acceptors (Lipinski definition) is 4. The van der Waals surface area contributed by atoms with Gasteiger partial charge in [0.25, 0.3) is 0 Å². The molecule has 1 aromatic carbocycles. The molecule has 1 rings (SSSR count). The highest BCUT2D eigenvalue weighted by atomic mass is 32.2. The topological polar surface area (TPSA) is 67.2 Å². The minimum atomic E-state index is -4.87. The third-order valence-corrected chi connectivity index (χ3v) is 4.12. The molecular formula is C11H10F3NO3S. The van der Waals surface area contributed by atoms with Crippen LogP contribution in [-0.2, 0) is 9.84 Å². The van der Waals surface area contributed by atoms with Gasteiger partial charge in [0, 0.05) is 0 Å². The predicted molar refractivity (Wildman–Crippen MR) is 60.2 cm³/mol. The van der Waals surface area contributed by atoms with E-state index < -0.39 is 27.7 Å². The van der Waals surface area contributed by atoms with Gasteiger partial charge in [-0.15, -0.1) is 0 Å². The standard InChI is InChI=1S/C11H10F3NO3S/c1-18-9-2-4-10(5-3-9)19(16,17)7-8(6-15)11(12,13)14/h2-5,8H,7H2,1H3. The number of rotatable bonds is 4. The Kier molecular flexibility index (Phi) is 4.42. The molecule has 8 heteroatoms. The number of alkyl halides is 3. The summed E-state index contributed by atoms with van der Waals surface area (Å²) in [5, 5.41) is 8.40. The molecule has 0 N–H and O–H groups in total. The highest BCUT2D eigenvalue weighted by molar-refractivity contribution is 7.91. The normalized spacial score (nSPS) is 13.6. The molecule has 4 nitrogen and oxygen atoms in total. The fraction of sp³-hybridized carbons (Fsp3) is 0.364. The average Bonchev–Trinajstić information content (AvgIpc) is 2.34. The summed E-state index contributed by atoms with van der Waals surface area (Å²) in [5.74, 6) is -3.45. The molecular weight excluding hydrogens is 283 g/mol. The van der Waals surface area contributed by atoms with Gasteiger partial charge in [-0.05, 0) is 24.3 Å². The second-order valence-corrected chi connectivity index (χ2v) is 5.71. The molecule has 0 spiro atoms. The molecule has 0 aliphatic rings. The fourth-order valence-electron chi connectivity index (χ4n) is 1.30. The van der Waals surface area contributed by atoms with Crippen molar-refractivity contribution in [1.29, 1.82) is 5.26 Å². The molecule has 104 valence electrons. The van der Waals surface area contributed by atoms with Gasteiger partial charge < -0.3 is 4.74 Å². The first kappa shape index (κ1) is 15.3. The van der Waals surface area contributed by atoms with E-state index in [0.717, 1.165) is 18.2 Å². The summed E-state index contributed by atoms with van der Waals surface area (Å²) in [6, 6.07) is 5.88. The minimum Gasteiger partial charge on any atom is -0.497 e. The third-order valence-electron chi connectivity index (χ3n) is 2.36. The summed E-state index contributed by atoms with van der Waals surface area (Å²) >= 11 is 0. The zero-order chi connectivity index (χ0) is 14.7. The van der Waals surface area contributed by atoms with Crippen molar-refractivity contribution in [3.05, 3.63) is 24.3 Å². The second-order valence-electron chi connectivity index (χ2n) is 3.68. The maximum atomic E-state index is 12.4. The summed E-state index contributed by atoms with van der Waals surface area (Å²) in [7, 11) is -2.80. The first-order valence-corrected chi connectivity index (χ1v) is 6.69. The number of halogens is 3. The van der Waals surface area contributed by atoms with E-state index in [4.69, 9.17) is 10.00 Å². The van der Waals surface area contributed by atoms with Crippen LogP contribution in [0.2, 0.25) is 0 Å². The fourth-order valence-corrected chi connectivity index (χ4v) is 2.75. The predicted octanol–water partition coefficient (Wildman–Crippen LogP) is 2.17. The van der Waals surface area contributed by atoms with E-state index in [1.54, 1.807) is 0 Å². The Labute approximate surface area is 108 Å². The Morgan fingerprint density at radius 2 is 1.84 bits per heavy atom. The number of nitrogens with zero attached hydrogens (tertiary/aromatic N) is 1. The highest BCUT2D eigenvalue weighted by Crippen LogP contribution is 2.29. The number of ether oxygens (including phenoxy) is 1. The van der Waals surface area contributed by atoms with Gasteiger partial charge in [-0.1, -0.05) is 0 Å². The Balaban J connectivity index is 3.01. The van der Waals surface area contributed by atoms with Crippen LogP contribution in [0.15, 0.2) is 29.2 Å². The quantitative estimate of drug-likeness (QED) is 0.853. The summed E-state index contributed by atoms with van der Waals surface area (Å²) < 4.78 is 65.5. The van der Waals surface area contributed by atoms with Crippen LogP contribution in [0.3, 0.4) is 0 Å². The lowest BCUT2D eigenvalue weighted by Gasteiger charge is -2.13. The Morgan fingerprint density at radius 1 is 1.32 bits per heavy atom. The zero-order valence-corrected chi connectivity index (χ0v) is 10.6. The molecule has 0 saturated heterocycles. The van der Waals surface area contributed by atoms with Crippen molar-refractivity contribution in [2.75, 3.05) is 12.9 Å². The maximum absolute atomic E-state index is 12.4. The highest BCUT2D eigenvalue weighted by Gasteiger charge is 2.43. The largest absolute Gasteiger partial charge is 0.497 e. The lowest BCUT2D eigenvalue weighted by atomic mass is 10.2. The molecule has 19 heavy (non-hydrogen) atoms. The summed E-state index contributed by atoms with van der Waals surface area (Å²) in [5.41, 5.74) is 0. The molecule has 0 aliphatic heterocycles. The van der Waals surface area contributed by atoms with Gasteiger partial charge in [-0.25, -0.2) is 8.42 Å². The Morgan fingerprint density at radius 3 is 2.21 bits per heavy atom. The molecule has 0 aromatic heterocycles. The van der Waals surface area contributed by atoms with Crippen molar-refractivity contribution in [2.24, 2.45) is 5.92 Å². The molecule has 1 atom stereocenters. The van der Waals surface area contributed by atoms with E-state index in [9.17, 15) is 21.6 Å². The van der Waals surface area contributed by atoms with E-state index in [1.165, 1.54) is 19.2 Å². The van der Waals surface area contributed by atoms with Crippen molar-refractivity contribution in [3.63, 3.8) is 0 Å². The number of benzene rings is 1. The first-order valence-electron chi connectivity index (χ1n) is 5.04. The van der Waals surface area contributed by atoms with Crippen LogP contribution >= 0.6 is 0 Å². The van der Waals surface area contributed by atoms with Crippen LogP contribution in [0.5, 0.6) is 5.75 Å². The van der Waals surface area contributed by atoms with Crippen LogP contribution in [0.4, 0.5) is 13.2 Å². The molecule has 1 aromatic rings. The van der Waals surface area contributed by atoms with Crippen LogP contribution in [0.25, 0.3) is 0 Å². The van der Waals surface area contributed by atoms with E-state index in [0.29, 0.717) is 5.75 Å². The molecule has 0 aliphatic carbocycles. The van der Waals surface area contributed by atoms with Crippen molar-refractivity contribution >= 4 is 9.84 Å². The molecule has 0 saturated carbocycles. The van der Waals surface area contributed by atoms with E-state index >= 15 is 0 Å². The van der Waals surface area contributed by atoms with Crippen molar-refractivity contribution in [1.82, 2.24) is 0 Å². The van der Waals surface area contributed by atoms with Crippen LogP contribution in [0, 0.1) is 17.2 Å². The molecule has 0 fully saturated rings. The summed E-state index contributed by atoms with van der Waals surface area (Å²) in [6.45, 7) is 0. The van der Waals surface area contributed by atoms with Crippen molar-refractivity contribution in [3.8, 4) is 11.8 Å². The van der Waals surface area contributed by atoms with Crippen LogP contribution < -0.4 is 4.74 Å². The van der Waals surface area contributed by atoms with Gasteiger partial charge in [0.2, 0.25) is 0 Å². The molecule has 0 heterocycles. The van der Waals surface area contributed by atoms with Crippen molar-refractivity contribution in [2.45, 2.75) is 11.1 Å². The average molecular weight is 293 g/mol. The van der Waals surface area contributed by atoms with Crippen LogP contribution in [-0.4, -0.2) is 27.5 Å². The number of methoxy groups -OCH3 is 1. The van der Waals surface area contributed by atoms with E-state index in [-0.39, 0.29) is 4.90 Å². The van der Waals surface area contributed by atoms with E-state index in [1.807, 2.05) is 0 Å². The number of nitriles is 1. The van der Waals surface area contributed by atoms with Crippen molar-refractivity contribution < 1.29 is 26.3 Å². The van der Waals surface area contributed by atoms with Gasteiger partial charge >= 0.3 is 6.18 Å². The summed E-state index contributed by atoms with van der Waals surface area (Å²) in [4.78, 5) is -0.280. The molecule has 0 bridgehead atoms. The number of sulfone groups is 1. The Bertz CT molecular complexity index is 573. The third kappa shape index (κ3) is 3.86. The van der Waals surface area contributed by atoms with Gasteiger partial charge in [-0.2, -0.15) is 18.4 Å². The number of hydrogen-bond donors (Lipinski definition) is 0. The van der Waals surface area contributed by atoms with Gasteiger partial charge in [0.15, 0.2) is 15.8 Å². The van der Waals surface area contributed by atoms with Gasteiger partial charge in [0.05, 0.1) is 23.8 Å². The summed E-state index contributed by atoms with van der Waals surface area (Å²) in [6.07, 6.45) is -4.87. The lowest BCUT2D eigenvalue weighted by Crippen LogP contribution is -2.28. The first-order chi connectivity index (χ1) is 8.70. The van der Waals surface area contributed by atoms with Gasteiger partial charge in [0.1, 0.15) is 5.75 Å².